The lowest BCUT2D eigenvalue weighted by atomic mass is 9.93. The zero-order valence-electron chi connectivity index (χ0n) is 16.3. The molecule has 2 fully saturated rings. The van der Waals surface area contributed by atoms with E-state index in [-0.39, 0.29) is 0 Å². The summed E-state index contributed by atoms with van der Waals surface area (Å²) in [6, 6.07) is 1.95. The van der Waals surface area contributed by atoms with Gasteiger partial charge in [0.05, 0.1) is 11.4 Å². The Bertz CT molecular complexity index is 809. The van der Waals surface area contributed by atoms with Crippen LogP contribution in [0.1, 0.15) is 37.8 Å². The van der Waals surface area contributed by atoms with Crippen molar-refractivity contribution in [2.45, 2.75) is 39.0 Å². The van der Waals surface area contributed by atoms with Crippen molar-refractivity contribution in [1.82, 2.24) is 24.6 Å². The van der Waals surface area contributed by atoms with Gasteiger partial charge < -0.3 is 9.80 Å². The second kappa shape index (κ2) is 7.66. The fourth-order valence-corrected chi connectivity index (χ4v) is 4.20. The molecule has 0 spiro atoms. The number of aromatic nitrogens is 4. The van der Waals surface area contributed by atoms with E-state index in [2.05, 4.69) is 15.0 Å². The van der Waals surface area contributed by atoms with Gasteiger partial charge in [-0.1, -0.05) is 0 Å². The molecule has 144 valence electrons. The Morgan fingerprint density at radius 3 is 2.70 bits per heavy atom. The molecule has 2 saturated heterocycles. The molecule has 4 heterocycles. The Morgan fingerprint density at radius 1 is 1.22 bits per heavy atom. The van der Waals surface area contributed by atoms with Gasteiger partial charge in [-0.05, 0) is 44.6 Å². The van der Waals surface area contributed by atoms with Crippen LogP contribution in [-0.2, 0) is 11.8 Å². The molecule has 2 aromatic rings. The molecule has 27 heavy (non-hydrogen) atoms. The third kappa shape index (κ3) is 3.96. The van der Waals surface area contributed by atoms with Crippen LogP contribution in [0.15, 0.2) is 18.5 Å². The van der Waals surface area contributed by atoms with Crippen LogP contribution in [0, 0.1) is 12.8 Å². The van der Waals surface area contributed by atoms with Crippen molar-refractivity contribution < 1.29 is 4.79 Å². The van der Waals surface area contributed by atoms with Gasteiger partial charge in [0.25, 0.3) is 0 Å². The van der Waals surface area contributed by atoms with E-state index in [1.807, 2.05) is 42.0 Å². The average molecular weight is 368 g/mol. The monoisotopic (exact) mass is 368 g/mol. The Hall–Kier alpha value is -2.44. The highest BCUT2D eigenvalue weighted by Crippen LogP contribution is 2.26. The van der Waals surface area contributed by atoms with Crippen LogP contribution in [0.5, 0.6) is 0 Å². The first kappa shape index (κ1) is 17.9. The van der Waals surface area contributed by atoms with Gasteiger partial charge in [0.2, 0.25) is 11.9 Å². The van der Waals surface area contributed by atoms with Crippen molar-refractivity contribution in [3.8, 4) is 11.3 Å². The van der Waals surface area contributed by atoms with E-state index < -0.39 is 0 Å². The average Bonchev–Trinajstić information content (AvgIpc) is 3.25. The van der Waals surface area contributed by atoms with E-state index in [4.69, 9.17) is 4.98 Å². The molecule has 0 unspecified atom stereocenters. The first-order chi connectivity index (χ1) is 13.1. The summed E-state index contributed by atoms with van der Waals surface area (Å²) in [5.74, 6) is 1.84. The van der Waals surface area contributed by atoms with E-state index in [0.29, 0.717) is 11.8 Å². The van der Waals surface area contributed by atoms with Crippen LogP contribution in [0.25, 0.3) is 11.3 Å². The molecule has 2 aliphatic rings. The fraction of sp³-hybridized carbons (Fsp3) is 0.600. The predicted molar refractivity (Wildman–Crippen MR) is 104 cm³/mol. The highest BCUT2D eigenvalue weighted by molar-refractivity contribution is 5.78. The molecule has 0 saturated carbocycles. The number of hydrogen-bond donors (Lipinski definition) is 0. The predicted octanol–water partition coefficient (Wildman–Crippen LogP) is 2.41. The Kier molecular flexibility index (Phi) is 5.09. The van der Waals surface area contributed by atoms with Gasteiger partial charge in [-0.25, -0.2) is 9.97 Å². The first-order valence-corrected chi connectivity index (χ1v) is 9.96. The number of nitrogens with zero attached hydrogens (tertiary/aromatic N) is 6. The summed E-state index contributed by atoms with van der Waals surface area (Å²) in [5.41, 5.74) is 2.98. The van der Waals surface area contributed by atoms with Gasteiger partial charge in [-0.15, -0.1) is 0 Å². The number of likely N-dealkylation sites (tertiary alicyclic amines) is 1. The molecule has 7 nitrogen and oxygen atoms in total. The van der Waals surface area contributed by atoms with E-state index in [9.17, 15) is 4.79 Å². The number of carbonyl (C=O) groups is 1. The number of anilines is 1. The second-order valence-electron chi connectivity index (χ2n) is 7.75. The molecule has 0 aromatic carbocycles. The van der Waals surface area contributed by atoms with Crippen molar-refractivity contribution in [3.05, 3.63) is 24.2 Å². The highest BCUT2D eigenvalue weighted by Gasteiger charge is 2.24. The van der Waals surface area contributed by atoms with E-state index >= 15 is 0 Å². The molecule has 0 bridgehead atoms. The van der Waals surface area contributed by atoms with Gasteiger partial charge in [0.15, 0.2) is 0 Å². The minimum atomic E-state index is 0.336. The zero-order valence-corrected chi connectivity index (χ0v) is 16.3. The van der Waals surface area contributed by atoms with Gasteiger partial charge >= 0.3 is 0 Å². The fourth-order valence-electron chi connectivity index (χ4n) is 4.20. The molecule has 0 atom stereocenters. The summed E-state index contributed by atoms with van der Waals surface area (Å²) in [6.07, 6.45) is 9.02. The summed E-state index contributed by atoms with van der Waals surface area (Å²) in [6.45, 7) is 5.84. The first-order valence-electron chi connectivity index (χ1n) is 9.96. The minimum absolute atomic E-state index is 0.336. The lowest BCUT2D eigenvalue weighted by molar-refractivity contribution is -0.127. The van der Waals surface area contributed by atoms with Crippen molar-refractivity contribution in [2.75, 3.05) is 31.1 Å². The smallest absolute Gasteiger partial charge is 0.225 e. The number of amides is 1. The van der Waals surface area contributed by atoms with E-state index in [1.165, 1.54) is 0 Å². The van der Waals surface area contributed by atoms with Crippen LogP contribution >= 0.6 is 0 Å². The molecular formula is C20H28N6O. The summed E-state index contributed by atoms with van der Waals surface area (Å²) in [7, 11) is 1.93. The number of rotatable bonds is 5. The molecule has 7 heteroatoms. The Labute approximate surface area is 160 Å². The quantitative estimate of drug-likeness (QED) is 0.811. The van der Waals surface area contributed by atoms with Crippen molar-refractivity contribution in [1.29, 1.82) is 0 Å². The number of hydrogen-bond acceptors (Lipinski definition) is 5. The molecule has 4 rings (SSSR count). The number of aryl methyl sites for hydroxylation is 2. The second-order valence-corrected chi connectivity index (χ2v) is 7.75. The topological polar surface area (TPSA) is 67.2 Å². The van der Waals surface area contributed by atoms with Gasteiger partial charge in [-0.2, -0.15) is 5.10 Å². The maximum absolute atomic E-state index is 11.8. The van der Waals surface area contributed by atoms with Gasteiger partial charge in [0.1, 0.15) is 0 Å². The summed E-state index contributed by atoms with van der Waals surface area (Å²) >= 11 is 0. The molecule has 2 aromatic heterocycles. The Morgan fingerprint density at radius 2 is 2.04 bits per heavy atom. The van der Waals surface area contributed by atoms with E-state index in [0.717, 1.165) is 81.2 Å². The van der Waals surface area contributed by atoms with Crippen LogP contribution in [0.4, 0.5) is 5.95 Å². The van der Waals surface area contributed by atoms with Gasteiger partial charge in [-0.3, -0.25) is 9.48 Å². The van der Waals surface area contributed by atoms with Crippen LogP contribution in [0.3, 0.4) is 0 Å². The normalized spacial score (nSPS) is 18.5. The standard InChI is InChI=1S/C20H28N6O/c1-15-17(14-24(2)23-15)18-5-9-21-20(22-18)26-12-7-16(8-13-26)6-11-25-10-3-4-19(25)27/h5,9,14,16H,3-4,6-8,10-13H2,1-2H3. The molecule has 1 amide bonds. The van der Waals surface area contributed by atoms with E-state index in [1.54, 1.807) is 0 Å². The van der Waals surface area contributed by atoms with Crippen LogP contribution in [-0.4, -0.2) is 56.7 Å². The summed E-state index contributed by atoms with van der Waals surface area (Å²) < 4.78 is 1.82. The third-order valence-corrected chi connectivity index (χ3v) is 5.81. The molecule has 0 aliphatic carbocycles. The van der Waals surface area contributed by atoms with Crippen molar-refractivity contribution >= 4 is 11.9 Å². The largest absolute Gasteiger partial charge is 0.343 e. The van der Waals surface area contributed by atoms with Crippen molar-refractivity contribution in [3.63, 3.8) is 0 Å². The zero-order chi connectivity index (χ0) is 18.8. The molecular weight excluding hydrogens is 340 g/mol. The third-order valence-electron chi connectivity index (χ3n) is 5.81. The lowest BCUT2D eigenvalue weighted by Gasteiger charge is -2.32. The summed E-state index contributed by atoms with van der Waals surface area (Å²) in [4.78, 5) is 25.4. The Balaban J connectivity index is 1.35. The summed E-state index contributed by atoms with van der Waals surface area (Å²) in [5, 5.41) is 4.41. The number of carbonyl (C=O) groups excluding carboxylic acids is 1. The SMILES string of the molecule is Cc1nn(C)cc1-c1ccnc(N2CCC(CCN3CCCC3=O)CC2)n1. The highest BCUT2D eigenvalue weighted by atomic mass is 16.2. The molecule has 0 N–H and O–H groups in total. The maximum Gasteiger partial charge on any atom is 0.225 e. The van der Waals surface area contributed by atoms with Crippen LogP contribution in [0.2, 0.25) is 0 Å². The van der Waals surface area contributed by atoms with Crippen molar-refractivity contribution in [2.24, 2.45) is 13.0 Å². The molecule has 2 aliphatic heterocycles. The minimum Gasteiger partial charge on any atom is -0.343 e. The lowest BCUT2D eigenvalue weighted by Crippen LogP contribution is -2.36. The van der Waals surface area contributed by atoms with Gasteiger partial charge in [0, 0.05) is 57.6 Å². The number of piperidine rings is 1. The van der Waals surface area contributed by atoms with Crippen LogP contribution < -0.4 is 4.90 Å². The molecule has 0 radical (unpaired) electrons. The maximum atomic E-state index is 11.8.